The number of hydrogen-bond donors (Lipinski definition) is 2. The van der Waals surface area contributed by atoms with Crippen molar-refractivity contribution in [3.63, 3.8) is 0 Å². The summed E-state index contributed by atoms with van der Waals surface area (Å²) in [7, 11) is -3.22. The van der Waals surface area contributed by atoms with Crippen molar-refractivity contribution in [2.45, 2.75) is 38.5 Å². The largest absolute Gasteiger partial charge is 0.393 e. The lowest BCUT2D eigenvalue weighted by Gasteiger charge is -2.29. The maximum Gasteiger partial charge on any atom is 0.251 e. The molecular weight excluding hydrogens is 414 g/mol. The van der Waals surface area contributed by atoms with Crippen molar-refractivity contribution in [2.75, 3.05) is 29.7 Å². The summed E-state index contributed by atoms with van der Waals surface area (Å²) in [5.74, 6) is -0.0124. The Labute approximate surface area is 183 Å². The van der Waals surface area contributed by atoms with Crippen molar-refractivity contribution in [3.8, 4) is 0 Å². The highest BCUT2D eigenvalue weighted by molar-refractivity contribution is 7.93. The Morgan fingerprint density at radius 3 is 2.23 bits per heavy atom. The maximum atomic E-state index is 12.5. The smallest absolute Gasteiger partial charge is 0.251 e. The lowest BCUT2D eigenvalue weighted by Crippen LogP contribution is -2.35. The van der Waals surface area contributed by atoms with Crippen molar-refractivity contribution in [1.29, 1.82) is 0 Å². The number of amides is 1. The number of likely N-dealkylation sites (tertiary alicyclic amines) is 1. The number of anilines is 1. The second-order valence-corrected chi connectivity index (χ2v) is 10.3. The molecule has 2 aliphatic heterocycles. The number of piperidine rings is 1. The predicted molar refractivity (Wildman–Crippen MR) is 120 cm³/mol. The first-order valence-electron chi connectivity index (χ1n) is 10.8. The Bertz CT molecular complexity index is 998. The summed E-state index contributed by atoms with van der Waals surface area (Å²) in [6.07, 6.45) is 2.13. The van der Waals surface area contributed by atoms with Crippen LogP contribution in [0, 0.1) is 0 Å². The van der Waals surface area contributed by atoms with Gasteiger partial charge < -0.3 is 10.4 Å². The molecule has 2 saturated heterocycles. The molecule has 8 heteroatoms. The van der Waals surface area contributed by atoms with E-state index in [1.807, 2.05) is 12.1 Å². The molecular formula is C23H29N3O4S. The molecule has 7 nitrogen and oxygen atoms in total. The van der Waals surface area contributed by atoms with Gasteiger partial charge in [-0.1, -0.05) is 24.3 Å². The predicted octanol–water partition coefficient (Wildman–Crippen LogP) is 2.11. The van der Waals surface area contributed by atoms with Crippen LogP contribution in [0.25, 0.3) is 0 Å². The molecule has 0 spiro atoms. The van der Waals surface area contributed by atoms with E-state index in [9.17, 15) is 18.3 Å². The van der Waals surface area contributed by atoms with Crippen LogP contribution in [-0.4, -0.2) is 55.8 Å². The summed E-state index contributed by atoms with van der Waals surface area (Å²) in [6, 6.07) is 14.9. The van der Waals surface area contributed by atoms with Crippen LogP contribution in [0.3, 0.4) is 0 Å². The maximum absolute atomic E-state index is 12.5. The van der Waals surface area contributed by atoms with Crippen LogP contribution in [0.4, 0.5) is 5.69 Å². The van der Waals surface area contributed by atoms with Crippen LogP contribution in [-0.2, 0) is 23.1 Å². The van der Waals surface area contributed by atoms with Crippen molar-refractivity contribution >= 4 is 21.6 Å². The molecule has 0 bridgehead atoms. The summed E-state index contributed by atoms with van der Waals surface area (Å²) >= 11 is 0. The van der Waals surface area contributed by atoms with Gasteiger partial charge in [-0.25, -0.2) is 8.42 Å². The van der Waals surface area contributed by atoms with E-state index >= 15 is 0 Å². The molecule has 2 aromatic rings. The summed E-state index contributed by atoms with van der Waals surface area (Å²) in [5, 5.41) is 12.5. The van der Waals surface area contributed by atoms with Gasteiger partial charge in [0.2, 0.25) is 10.0 Å². The van der Waals surface area contributed by atoms with Gasteiger partial charge in [0.15, 0.2) is 0 Å². The molecule has 2 N–H and O–H groups in total. The van der Waals surface area contributed by atoms with Crippen molar-refractivity contribution < 1.29 is 18.3 Å². The highest BCUT2D eigenvalue weighted by atomic mass is 32.2. The van der Waals surface area contributed by atoms with Crippen LogP contribution in [0.2, 0.25) is 0 Å². The van der Waals surface area contributed by atoms with Gasteiger partial charge in [-0.3, -0.25) is 14.0 Å². The molecule has 0 atom stereocenters. The highest BCUT2D eigenvalue weighted by Gasteiger charge is 2.28. The Hall–Kier alpha value is -2.42. The van der Waals surface area contributed by atoms with Gasteiger partial charge in [-0.2, -0.15) is 0 Å². The van der Waals surface area contributed by atoms with Gasteiger partial charge in [0.1, 0.15) is 0 Å². The lowest BCUT2D eigenvalue weighted by atomic mass is 10.1. The van der Waals surface area contributed by atoms with Gasteiger partial charge >= 0.3 is 0 Å². The van der Waals surface area contributed by atoms with Crippen LogP contribution in [0.5, 0.6) is 0 Å². The molecule has 2 aromatic carbocycles. The Balaban J connectivity index is 1.28. The number of rotatable bonds is 6. The van der Waals surface area contributed by atoms with Gasteiger partial charge in [-0.15, -0.1) is 0 Å². The molecule has 0 saturated carbocycles. The first kappa shape index (κ1) is 21.8. The second-order valence-electron chi connectivity index (χ2n) is 8.30. The SMILES string of the molecule is O=C(NCc1ccc(CN2CCC(O)CC2)cc1)c1ccc(N2CCCS2(=O)=O)cc1. The molecule has 0 radical (unpaired) electrons. The van der Waals surface area contributed by atoms with E-state index in [0.29, 0.717) is 30.8 Å². The van der Waals surface area contributed by atoms with E-state index in [1.165, 1.54) is 9.87 Å². The van der Waals surface area contributed by atoms with Crippen LogP contribution < -0.4 is 9.62 Å². The molecule has 0 unspecified atom stereocenters. The average molecular weight is 444 g/mol. The number of carbonyl (C=O) groups excluding carboxylic acids is 1. The first-order valence-corrected chi connectivity index (χ1v) is 12.4. The highest BCUT2D eigenvalue weighted by Crippen LogP contribution is 2.24. The fourth-order valence-electron chi connectivity index (χ4n) is 4.09. The number of aliphatic hydroxyl groups excluding tert-OH is 1. The minimum absolute atomic E-state index is 0.160. The molecule has 0 aromatic heterocycles. The van der Waals surface area contributed by atoms with E-state index in [4.69, 9.17) is 0 Å². The number of nitrogens with zero attached hydrogens (tertiary/aromatic N) is 2. The lowest BCUT2D eigenvalue weighted by molar-refractivity contribution is 0.0792. The fourth-order valence-corrected chi connectivity index (χ4v) is 5.66. The van der Waals surface area contributed by atoms with E-state index < -0.39 is 10.0 Å². The number of aliphatic hydroxyl groups is 1. The number of carbonyl (C=O) groups is 1. The number of nitrogens with one attached hydrogen (secondary N) is 1. The third kappa shape index (κ3) is 5.44. The van der Waals surface area contributed by atoms with Gasteiger partial charge in [0.05, 0.1) is 17.5 Å². The average Bonchev–Trinajstić information content (AvgIpc) is 3.13. The molecule has 1 amide bonds. The van der Waals surface area contributed by atoms with E-state index in [-0.39, 0.29) is 17.8 Å². The monoisotopic (exact) mass is 443 g/mol. The molecule has 2 fully saturated rings. The molecule has 2 heterocycles. The standard InChI is InChI=1S/C23H29N3O4S/c27-22-10-13-25(14-11-22)17-19-4-2-18(3-5-19)16-24-23(28)20-6-8-21(9-7-20)26-12-1-15-31(26,29)30/h2-9,22,27H,1,10-17H2,(H,24,28). The Morgan fingerprint density at radius 1 is 0.968 bits per heavy atom. The second kappa shape index (κ2) is 9.38. The summed E-state index contributed by atoms with van der Waals surface area (Å²) in [4.78, 5) is 14.8. The van der Waals surface area contributed by atoms with Crippen LogP contribution in [0.1, 0.15) is 40.7 Å². The zero-order valence-electron chi connectivity index (χ0n) is 17.5. The number of benzene rings is 2. The molecule has 0 aliphatic carbocycles. The van der Waals surface area contributed by atoms with Crippen LogP contribution in [0.15, 0.2) is 48.5 Å². The topological polar surface area (TPSA) is 90.0 Å². The Kier molecular flexibility index (Phi) is 6.60. The molecule has 31 heavy (non-hydrogen) atoms. The van der Waals surface area contributed by atoms with Gasteiger partial charge in [-0.05, 0) is 54.7 Å². The van der Waals surface area contributed by atoms with Crippen LogP contribution >= 0.6 is 0 Å². The quantitative estimate of drug-likeness (QED) is 0.714. The van der Waals surface area contributed by atoms with E-state index in [0.717, 1.165) is 38.0 Å². The summed E-state index contributed by atoms with van der Waals surface area (Å²) in [5.41, 5.74) is 3.35. The molecule has 2 aliphatic rings. The van der Waals surface area contributed by atoms with Crippen molar-refractivity contribution in [3.05, 3.63) is 65.2 Å². The zero-order valence-corrected chi connectivity index (χ0v) is 18.4. The van der Waals surface area contributed by atoms with Crippen molar-refractivity contribution in [1.82, 2.24) is 10.2 Å². The third-order valence-electron chi connectivity index (χ3n) is 5.96. The molecule has 4 rings (SSSR count). The Morgan fingerprint density at radius 2 is 1.61 bits per heavy atom. The zero-order chi connectivity index (χ0) is 21.8. The minimum atomic E-state index is -3.22. The van der Waals surface area contributed by atoms with Gasteiger partial charge in [0, 0.05) is 38.3 Å². The molecule has 166 valence electrons. The third-order valence-corrected chi connectivity index (χ3v) is 7.83. The first-order chi connectivity index (χ1) is 14.9. The minimum Gasteiger partial charge on any atom is -0.393 e. The summed E-state index contributed by atoms with van der Waals surface area (Å²) in [6.45, 7) is 3.63. The van der Waals surface area contributed by atoms with E-state index in [1.54, 1.807) is 24.3 Å². The normalized spacial score (nSPS) is 19.5. The summed E-state index contributed by atoms with van der Waals surface area (Å²) < 4.78 is 25.5. The van der Waals surface area contributed by atoms with Gasteiger partial charge in [0.25, 0.3) is 5.91 Å². The number of sulfonamides is 1. The fraction of sp³-hybridized carbons (Fsp3) is 0.435. The van der Waals surface area contributed by atoms with E-state index in [2.05, 4.69) is 22.3 Å². The number of hydrogen-bond acceptors (Lipinski definition) is 5. The van der Waals surface area contributed by atoms with Crippen molar-refractivity contribution in [2.24, 2.45) is 0 Å².